The lowest BCUT2D eigenvalue weighted by molar-refractivity contribution is -0.385. The maximum Gasteiger partial charge on any atom is 0.269 e. The summed E-state index contributed by atoms with van der Waals surface area (Å²) in [4.78, 5) is 10.1. The van der Waals surface area contributed by atoms with Crippen molar-refractivity contribution in [3.63, 3.8) is 0 Å². The maximum atomic E-state index is 10.5. The molecule has 16 heavy (non-hydrogen) atoms. The van der Waals surface area contributed by atoms with Crippen molar-refractivity contribution in [2.75, 3.05) is 0 Å². The molecule has 1 aliphatic carbocycles. The molecule has 0 atom stereocenters. The molecule has 0 heterocycles. The van der Waals surface area contributed by atoms with Gasteiger partial charge in [-0.05, 0) is 18.4 Å². The first-order chi connectivity index (χ1) is 7.65. The predicted octanol–water partition coefficient (Wildman–Crippen LogP) is 1.60. The highest BCUT2D eigenvalue weighted by molar-refractivity contribution is 5.33. The van der Waals surface area contributed by atoms with Crippen LogP contribution in [-0.4, -0.2) is 17.1 Å². The normalized spacial score (nSPS) is 23.8. The number of nitrogens with two attached hydrogens (primary N) is 1. The van der Waals surface area contributed by atoms with Crippen molar-refractivity contribution >= 4 is 5.69 Å². The SMILES string of the molecule is NC1CC(OCc2cccc([N+](=O)[O-])c2)C1. The van der Waals surface area contributed by atoms with Crippen LogP contribution in [0.2, 0.25) is 0 Å². The van der Waals surface area contributed by atoms with Crippen LogP contribution in [0.5, 0.6) is 0 Å². The fraction of sp³-hybridized carbons (Fsp3) is 0.455. The molecule has 86 valence electrons. The van der Waals surface area contributed by atoms with Gasteiger partial charge < -0.3 is 10.5 Å². The summed E-state index contributed by atoms with van der Waals surface area (Å²) in [6.45, 7) is 0.416. The smallest absolute Gasteiger partial charge is 0.269 e. The number of ether oxygens (including phenoxy) is 1. The van der Waals surface area contributed by atoms with Crippen molar-refractivity contribution in [2.45, 2.75) is 31.6 Å². The topological polar surface area (TPSA) is 78.4 Å². The predicted molar refractivity (Wildman–Crippen MR) is 58.9 cm³/mol. The summed E-state index contributed by atoms with van der Waals surface area (Å²) in [7, 11) is 0. The van der Waals surface area contributed by atoms with E-state index in [2.05, 4.69) is 0 Å². The van der Waals surface area contributed by atoms with Crippen LogP contribution in [0, 0.1) is 10.1 Å². The van der Waals surface area contributed by atoms with Gasteiger partial charge in [0.05, 0.1) is 17.6 Å². The summed E-state index contributed by atoms with van der Waals surface area (Å²) in [6, 6.07) is 6.77. The average molecular weight is 222 g/mol. The highest BCUT2D eigenvalue weighted by atomic mass is 16.6. The van der Waals surface area contributed by atoms with Crippen LogP contribution >= 0.6 is 0 Å². The Hall–Kier alpha value is -1.46. The summed E-state index contributed by atoms with van der Waals surface area (Å²) in [6.07, 6.45) is 1.98. The molecule has 0 aliphatic heterocycles. The number of non-ortho nitro benzene ring substituents is 1. The second kappa shape index (κ2) is 4.59. The van der Waals surface area contributed by atoms with Crippen molar-refractivity contribution in [3.8, 4) is 0 Å². The third-order valence-corrected chi connectivity index (χ3v) is 2.74. The Morgan fingerprint density at radius 3 is 2.88 bits per heavy atom. The highest BCUT2D eigenvalue weighted by Crippen LogP contribution is 2.23. The molecule has 1 aromatic carbocycles. The van der Waals surface area contributed by atoms with Crippen LogP contribution in [0.1, 0.15) is 18.4 Å². The molecule has 0 aromatic heterocycles. The monoisotopic (exact) mass is 222 g/mol. The van der Waals surface area contributed by atoms with E-state index < -0.39 is 4.92 Å². The zero-order valence-corrected chi connectivity index (χ0v) is 8.83. The van der Waals surface area contributed by atoms with Gasteiger partial charge in [0.2, 0.25) is 0 Å². The molecular weight excluding hydrogens is 208 g/mol. The lowest BCUT2D eigenvalue weighted by atomic mass is 9.90. The van der Waals surface area contributed by atoms with Crippen molar-refractivity contribution in [3.05, 3.63) is 39.9 Å². The molecule has 1 aromatic rings. The molecule has 5 nitrogen and oxygen atoms in total. The van der Waals surface area contributed by atoms with Gasteiger partial charge in [0, 0.05) is 18.2 Å². The van der Waals surface area contributed by atoms with Crippen LogP contribution in [0.15, 0.2) is 24.3 Å². The maximum absolute atomic E-state index is 10.5. The number of nitro groups is 1. The minimum absolute atomic E-state index is 0.103. The number of hydrogen-bond donors (Lipinski definition) is 1. The molecule has 1 saturated carbocycles. The molecule has 0 unspecified atom stereocenters. The van der Waals surface area contributed by atoms with Gasteiger partial charge in [0.25, 0.3) is 5.69 Å². The van der Waals surface area contributed by atoms with Gasteiger partial charge in [0.1, 0.15) is 0 Å². The van der Waals surface area contributed by atoms with Crippen molar-refractivity contribution < 1.29 is 9.66 Å². The number of nitro benzene ring substituents is 1. The minimum Gasteiger partial charge on any atom is -0.373 e. The van der Waals surface area contributed by atoms with Crippen LogP contribution in [0.3, 0.4) is 0 Å². The first kappa shape index (κ1) is 11.0. The molecule has 0 saturated heterocycles. The van der Waals surface area contributed by atoms with Crippen LogP contribution < -0.4 is 5.73 Å². The van der Waals surface area contributed by atoms with Gasteiger partial charge in [-0.3, -0.25) is 10.1 Å². The largest absolute Gasteiger partial charge is 0.373 e. The molecule has 1 aliphatic rings. The van der Waals surface area contributed by atoms with Gasteiger partial charge in [-0.2, -0.15) is 0 Å². The second-order valence-electron chi connectivity index (χ2n) is 4.09. The molecule has 0 spiro atoms. The van der Waals surface area contributed by atoms with E-state index in [1.807, 2.05) is 6.07 Å². The Morgan fingerprint density at radius 1 is 1.50 bits per heavy atom. The molecule has 2 rings (SSSR count). The Bertz CT molecular complexity index is 389. The Balaban J connectivity index is 1.89. The third-order valence-electron chi connectivity index (χ3n) is 2.74. The average Bonchev–Trinajstić information content (AvgIpc) is 2.23. The quantitative estimate of drug-likeness (QED) is 0.620. The van der Waals surface area contributed by atoms with Crippen molar-refractivity contribution in [2.24, 2.45) is 5.73 Å². The van der Waals surface area contributed by atoms with Crippen LogP contribution in [-0.2, 0) is 11.3 Å². The lowest BCUT2D eigenvalue weighted by Crippen LogP contribution is -2.41. The van der Waals surface area contributed by atoms with E-state index in [-0.39, 0.29) is 17.8 Å². The molecule has 0 amide bonds. The van der Waals surface area contributed by atoms with Crippen LogP contribution in [0.4, 0.5) is 5.69 Å². The van der Waals surface area contributed by atoms with Gasteiger partial charge in [-0.1, -0.05) is 12.1 Å². The van der Waals surface area contributed by atoms with E-state index in [9.17, 15) is 10.1 Å². The highest BCUT2D eigenvalue weighted by Gasteiger charge is 2.26. The molecule has 0 radical (unpaired) electrons. The summed E-state index contributed by atoms with van der Waals surface area (Å²) in [5, 5.41) is 10.5. The first-order valence-electron chi connectivity index (χ1n) is 5.25. The number of nitrogens with zero attached hydrogens (tertiary/aromatic N) is 1. The Labute approximate surface area is 93.4 Å². The fourth-order valence-electron chi connectivity index (χ4n) is 1.72. The van der Waals surface area contributed by atoms with Gasteiger partial charge in [-0.25, -0.2) is 0 Å². The fourth-order valence-corrected chi connectivity index (χ4v) is 1.72. The number of benzene rings is 1. The standard InChI is InChI=1S/C11H14N2O3/c12-9-5-11(6-9)16-7-8-2-1-3-10(4-8)13(14)15/h1-4,9,11H,5-7,12H2. The van der Waals surface area contributed by atoms with Crippen molar-refractivity contribution in [1.82, 2.24) is 0 Å². The Kier molecular flexibility index (Phi) is 3.17. The summed E-state index contributed by atoms with van der Waals surface area (Å²) in [5.41, 5.74) is 6.56. The number of rotatable bonds is 4. The molecule has 0 bridgehead atoms. The van der Waals surface area contributed by atoms with E-state index in [4.69, 9.17) is 10.5 Å². The summed E-state index contributed by atoms with van der Waals surface area (Å²) < 4.78 is 5.57. The summed E-state index contributed by atoms with van der Waals surface area (Å²) in [5.74, 6) is 0. The van der Waals surface area contributed by atoms with E-state index in [0.29, 0.717) is 6.61 Å². The molecule has 1 fully saturated rings. The zero-order valence-electron chi connectivity index (χ0n) is 8.83. The Morgan fingerprint density at radius 2 is 2.25 bits per heavy atom. The van der Waals surface area contributed by atoms with Gasteiger partial charge in [0.15, 0.2) is 0 Å². The van der Waals surface area contributed by atoms with Gasteiger partial charge in [-0.15, -0.1) is 0 Å². The van der Waals surface area contributed by atoms with E-state index in [0.717, 1.165) is 18.4 Å². The minimum atomic E-state index is -0.400. The van der Waals surface area contributed by atoms with E-state index in [1.165, 1.54) is 6.07 Å². The molecular formula is C11H14N2O3. The summed E-state index contributed by atoms with van der Waals surface area (Å²) >= 11 is 0. The van der Waals surface area contributed by atoms with Crippen molar-refractivity contribution in [1.29, 1.82) is 0 Å². The lowest BCUT2D eigenvalue weighted by Gasteiger charge is -2.32. The zero-order chi connectivity index (χ0) is 11.5. The van der Waals surface area contributed by atoms with Crippen LogP contribution in [0.25, 0.3) is 0 Å². The first-order valence-corrected chi connectivity index (χ1v) is 5.25. The van der Waals surface area contributed by atoms with E-state index >= 15 is 0 Å². The third kappa shape index (κ3) is 2.56. The van der Waals surface area contributed by atoms with Gasteiger partial charge >= 0.3 is 0 Å². The molecule has 2 N–H and O–H groups in total. The van der Waals surface area contributed by atoms with E-state index in [1.54, 1.807) is 12.1 Å². The number of hydrogen-bond acceptors (Lipinski definition) is 4. The molecule has 5 heteroatoms. The second-order valence-corrected chi connectivity index (χ2v) is 4.09.